The maximum Gasteiger partial charge on any atom is 0.410 e. The van der Waals surface area contributed by atoms with Crippen molar-refractivity contribution in [1.82, 2.24) is 4.90 Å². The minimum atomic E-state index is -0.525. The number of methoxy groups -OCH3 is 1. The number of carbonyl (C=O) groups is 1. The van der Waals surface area contributed by atoms with Gasteiger partial charge in [0.05, 0.1) is 18.2 Å². The third-order valence-electron chi connectivity index (χ3n) is 7.03. The minimum absolute atomic E-state index is 0.185. The van der Waals surface area contributed by atoms with Crippen LogP contribution in [0.3, 0.4) is 0 Å². The summed E-state index contributed by atoms with van der Waals surface area (Å²) in [5.74, 6) is 0.930. The number of hydrogen-bond acceptors (Lipinski definition) is 5. The Morgan fingerprint density at radius 3 is 2.58 bits per heavy atom. The van der Waals surface area contributed by atoms with Crippen molar-refractivity contribution in [3.63, 3.8) is 0 Å². The zero-order chi connectivity index (χ0) is 23.0. The molecule has 0 aromatic carbocycles. The Bertz CT molecular complexity index is 534. The quantitative estimate of drug-likeness (QED) is 0.357. The SMILES string of the molecule is CCC[C@@H](CCCC[C@@H]1CCC[C@H]2[C@@H]1C[C@H](O)[C@H](C)N2C(=O)OC(C)(C)C)OCOC. The molecule has 6 atom stereocenters. The van der Waals surface area contributed by atoms with Crippen LogP contribution in [-0.2, 0) is 14.2 Å². The lowest BCUT2D eigenvalue weighted by atomic mass is 9.68. The summed E-state index contributed by atoms with van der Waals surface area (Å²) in [6.07, 6.45) is 10.4. The largest absolute Gasteiger partial charge is 0.444 e. The summed E-state index contributed by atoms with van der Waals surface area (Å²) < 4.78 is 16.6. The zero-order valence-electron chi connectivity index (χ0n) is 20.8. The van der Waals surface area contributed by atoms with Crippen LogP contribution in [-0.4, -0.2) is 59.9 Å². The van der Waals surface area contributed by atoms with Gasteiger partial charge in [-0.25, -0.2) is 4.79 Å². The third-order valence-corrected chi connectivity index (χ3v) is 7.03. The Hall–Kier alpha value is -0.850. The van der Waals surface area contributed by atoms with E-state index in [0.717, 1.165) is 51.4 Å². The Morgan fingerprint density at radius 1 is 1.19 bits per heavy atom. The molecule has 1 aliphatic heterocycles. The second kappa shape index (κ2) is 12.4. The molecule has 0 aromatic heterocycles. The molecule has 1 heterocycles. The van der Waals surface area contributed by atoms with Crippen molar-refractivity contribution in [1.29, 1.82) is 0 Å². The van der Waals surface area contributed by atoms with Gasteiger partial charge in [-0.15, -0.1) is 0 Å². The molecule has 0 spiro atoms. The molecule has 2 fully saturated rings. The summed E-state index contributed by atoms with van der Waals surface area (Å²) in [5, 5.41) is 10.8. The molecule has 0 unspecified atom stereocenters. The van der Waals surface area contributed by atoms with Crippen molar-refractivity contribution in [2.75, 3.05) is 13.9 Å². The summed E-state index contributed by atoms with van der Waals surface area (Å²) >= 11 is 0. The molecule has 1 N–H and O–H groups in total. The van der Waals surface area contributed by atoms with Crippen LogP contribution in [0.15, 0.2) is 0 Å². The van der Waals surface area contributed by atoms with Crippen LogP contribution in [0.4, 0.5) is 4.79 Å². The second-order valence-electron chi connectivity index (χ2n) is 10.6. The van der Waals surface area contributed by atoms with E-state index < -0.39 is 11.7 Å². The lowest BCUT2D eigenvalue weighted by Gasteiger charge is -2.52. The maximum atomic E-state index is 13.0. The summed E-state index contributed by atoms with van der Waals surface area (Å²) in [7, 11) is 1.67. The summed E-state index contributed by atoms with van der Waals surface area (Å²) in [6, 6.07) is -0.00698. The number of unbranched alkanes of at least 4 members (excludes halogenated alkanes) is 1. The van der Waals surface area contributed by atoms with Gasteiger partial charge in [0, 0.05) is 13.2 Å². The molecule has 0 bridgehead atoms. The number of hydrogen-bond donors (Lipinski definition) is 1. The van der Waals surface area contributed by atoms with E-state index >= 15 is 0 Å². The Labute approximate surface area is 190 Å². The topological polar surface area (TPSA) is 68.2 Å². The Kier molecular flexibility index (Phi) is 10.6. The van der Waals surface area contributed by atoms with E-state index in [1.54, 1.807) is 7.11 Å². The predicted octanol–water partition coefficient (Wildman–Crippen LogP) is 5.51. The number of ether oxygens (including phenoxy) is 3. The molecular weight excluding hydrogens is 394 g/mol. The van der Waals surface area contributed by atoms with E-state index in [4.69, 9.17) is 14.2 Å². The molecule has 1 saturated heterocycles. The van der Waals surface area contributed by atoms with Crippen molar-refractivity contribution < 1.29 is 24.1 Å². The van der Waals surface area contributed by atoms with Gasteiger partial charge in [0.1, 0.15) is 12.4 Å². The van der Waals surface area contributed by atoms with E-state index in [1.807, 2.05) is 32.6 Å². The highest BCUT2D eigenvalue weighted by molar-refractivity contribution is 5.69. The van der Waals surface area contributed by atoms with Crippen LogP contribution < -0.4 is 0 Å². The highest BCUT2D eigenvalue weighted by Gasteiger charge is 2.47. The van der Waals surface area contributed by atoms with Crippen molar-refractivity contribution >= 4 is 6.09 Å². The third kappa shape index (κ3) is 7.90. The van der Waals surface area contributed by atoms with E-state index in [9.17, 15) is 9.90 Å². The fraction of sp³-hybridized carbons (Fsp3) is 0.960. The van der Waals surface area contributed by atoms with E-state index in [0.29, 0.717) is 18.6 Å². The highest BCUT2D eigenvalue weighted by atomic mass is 16.7. The van der Waals surface area contributed by atoms with Crippen molar-refractivity contribution in [3.8, 4) is 0 Å². The second-order valence-corrected chi connectivity index (χ2v) is 10.6. The molecule has 6 nitrogen and oxygen atoms in total. The van der Waals surface area contributed by atoms with Crippen LogP contribution in [0.25, 0.3) is 0 Å². The number of piperidine rings is 1. The number of rotatable bonds is 10. The average Bonchev–Trinajstić information content (AvgIpc) is 2.69. The van der Waals surface area contributed by atoms with Gasteiger partial charge in [0.25, 0.3) is 0 Å². The number of amides is 1. The maximum absolute atomic E-state index is 13.0. The van der Waals surface area contributed by atoms with Crippen molar-refractivity contribution in [2.45, 2.75) is 129 Å². The van der Waals surface area contributed by atoms with Gasteiger partial charge >= 0.3 is 6.09 Å². The summed E-state index contributed by atoms with van der Waals surface area (Å²) in [4.78, 5) is 14.9. The monoisotopic (exact) mass is 441 g/mol. The van der Waals surface area contributed by atoms with Crippen molar-refractivity contribution in [2.24, 2.45) is 11.8 Å². The zero-order valence-corrected chi connectivity index (χ0v) is 20.8. The molecular formula is C25H47NO5. The normalized spacial score (nSPS) is 30.0. The highest BCUT2D eigenvalue weighted by Crippen LogP contribution is 2.44. The molecule has 1 amide bonds. The van der Waals surface area contributed by atoms with Crippen LogP contribution in [0, 0.1) is 11.8 Å². The molecule has 2 aliphatic rings. The molecule has 2 rings (SSSR count). The first kappa shape index (κ1) is 26.4. The van der Waals surface area contributed by atoms with Gasteiger partial charge in [0.15, 0.2) is 0 Å². The predicted molar refractivity (Wildman–Crippen MR) is 123 cm³/mol. The summed E-state index contributed by atoms with van der Waals surface area (Å²) in [6.45, 7) is 10.2. The van der Waals surface area contributed by atoms with Gasteiger partial charge in [-0.1, -0.05) is 45.4 Å². The van der Waals surface area contributed by atoms with Crippen molar-refractivity contribution in [3.05, 3.63) is 0 Å². The molecule has 0 aromatic rings. The van der Waals surface area contributed by atoms with Gasteiger partial charge in [-0.3, -0.25) is 4.90 Å². The number of aliphatic hydroxyl groups is 1. The Balaban J connectivity index is 1.94. The first-order valence-electron chi connectivity index (χ1n) is 12.5. The lowest BCUT2D eigenvalue weighted by molar-refractivity contribution is -0.0831. The first-order chi connectivity index (χ1) is 14.7. The van der Waals surface area contributed by atoms with Gasteiger partial charge in [-0.2, -0.15) is 0 Å². The number of nitrogens with zero attached hydrogens (tertiary/aromatic N) is 1. The fourth-order valence-corrected chi connectivity index (χ4v) is 5.54. The minimum Gasteiger partial charge on any atom is -0.444 e. The van der Waals surface area contributed by atoms with Crippen LogP contribution >= 0.6 is 0 Å². The number of carbonyl (C=O) groups excluding carboxylic acids is 1. The Morgan fingerprint density at radius 2 is 1.94 bits per heavy atom. The average molecular weight is 442 g/mol. The number of likely N-dealkylation sites (tertiary alicyclic amines) is 1. The molecule has 1 saturated carbocycles. The summed E-state index contributed by atoms with van der Waals surface area (Å²) in [5.41, 5.74) is -0.525. The standard InChI is InChI=1S/C25H47NO5/c1-7-11-20(30-17-29-6)14-9-8-12-19-13-10-15-22-21(19)16-23(27)18(2)26(22)24(28)31-25(3,4)5/h18-23,27H,7-17H2,1-6H3/t18-,19+,20-,21+,22-,23-/m0/s1. The van der Waals surface area contributed by atoms with E-state index in [2.05, 4.69) is 6.92 Å². The fourth-order valence-electron chi connectivity index (χ4n) is 5.54. The first-order valence-corrected chi connectivity index (χ1v) is 12.5. The number of aliphatic hydroxyl groups excluding tert-OH is 1. The van der Waals surface area contributed by atoms with Crippen LogP contribution in [0.2, 0.25) is 0 Å². The van der Waals surface area contributed by atoms with E-state index in [-0.39, 0.29) is 24.3 Å². The molecule has 1 aliphatic carbocycles. The van der Waals surface area contributed by atoms with E-state index in [1.165, 1.54) is 12.8 Å². The lowest BCUT2D eigenvalue weighted by Crippen LogP contribution is -2.61. The van der Waals surface area contributed by atoms with Gasteiger partial charge in [0.2, 0.25) is 0 Å². The number of fused-ring (bicyclic) bond motifs is 1. The molecule has 6 heteroatoms. The molecule has 31 heavy (non-hydrogen) atoms. The van der Waals surface area contributed by atoms with Crippen LogP contribution in [0.1, 0.15) is 98.8 Å². The smallest absolute Gasteiger partial charge is 0.410 e. The molecule has 182 valence electrons. The van der Waals surface area contributed by atoms with Gasteiger partial charge < -0.3 is 19.3 Å². The van der Waals surface area contributed by atoms with Crippen LogP contribution in [0.5, 0.6) is 0 Å². The van der Waals surface area contributed by atoms with Gasteiger partial charge in [-0.05, 0) is 65.2 Å². The molecule has 0 radical (unpaired) electrons.